The third-order valence-corrected chi connectivity index (χ3v) is 4.44. The molecule has 1 fully saturated rings. The van der Waals surface area contributed by atoms with Gasteiger partial charge in [0.05, 0.1) is 30.5 Å². The predicted octanol–water partition coefficient (Wildman–Crippen LogP) is 4.49. The Bertz CT molecular complexity index is 790. The molecule has 0 saturated carbocycles. The highest BCUT2D eigenvalue weighted by molar-refractivity contribution is 9.10. The van der Waals surface area contributed by atoms with E-state index in [2.05, 4.69) is 22.0 Å². The van der Waals surface area contributed by atoms with Gasteiger partial charge in [0.1, 0.15) is 5.82 Å². The molecule has 1 aliphatic rings. The summed E-state index contributed by atoms with van der Waals surface area (Å²) in [5.41, 5.74) is 2.56. The Morgan fingerprint density at radius 3 is 2.50 bits per heavy atom. The molecule has 0 bridgehead atoms. The van der Waals surface area contributed by atoms with Gasteiger partial charge in [-0.25, -0.2) is 4.39 Å². The van der Waals surface area contributed by atoms with Crippen LogP contribution in [0.1, 0.15) is 11.1 Å². The summed E-state index contributed by atoms with van der Waals surface area (Å²) in [4.78, 5) is 1.98. The molecular weight excluding hydrogens is 371 g/mol. The number of halogens is 2. The number of allylic oxidation sites excluding steroid dienone is 1. The van der Waals surface area contributed by atoms with Gasteiger partial charge >= 0.3 is 0 Å². The molecule has 3 rings (SSSR count). The highest BCUT2D eigenvalue weighted by atomic mass is 79.9. The van der Waals surface area contributed by atoms with E-state index in [4.69, 9.17) is 4.74 Å². The van der Waals surface area contributed by atoms with Crippen LogP contribution in [0.2, 0.25) is 0 Å². The molecule has 0 atom stereocenters. The number of hydrogen-bond donors (Lipinski definition) is 0. The minimum absolute atomic E-state index is 0.279. The molecule has 2 aromatic rings. The summed E-state index contributed by atoms with van der Waals surface area (Å²) in [6.45, 7) is 2.61. The molecule has 5 heteroatoms. The van der Waals surface area contributed by atoms with Crippen molar-refractivity contribution < 1.29 is 9.13 Å². The van der Waals surface area contributed by atoms with Crippen LogP contribution in [-0.2, 0) is 4.74 Å². The maximum atomic E-state index is 14.4. The number of hydrogen-bond acceptors (Lipinski definition) is 3. The van der Waals surface area contributed by atoms with Gasteiger partial charge in [-0.2, -0.15) is 5.26 Å². The molecule has 0 amide bonds. The fraction of sp³-hybridized carbons (Fsp3) is 0.211. The van der Waals surface area contributed by atoms with Gasteiger partial charge in [-0.3, -0.25) is 0 Å². The molecular formula is C19H16BrFN2O. The largest absolute Gasteiger partial charge is 0.378 e. The Labute approximate surface area is 149 Å². The second kappa shape index (κ2) is 7.61. The molecule has 0 aromatic heterocycles. The second-order valence-electron chi connectivity index (χ2n) is 5.49. The first-order chi connectivity index (χ1) is 11.7. The van der Waals surface area contributed by atoms with Crippen molar-refractivity contribution in [3.63, 3.8) is 0 Å². The number of nitrogens with zero attached hydrogens (tertiary/aromatic N) is 2. The minimum Gasteiger partial charge on any atom is -0.378 e. The number of rotatable bonds is 3. The third kappa shape index (κ3) is 3.84. The summed E-state index contributed by atoms with van der Waals surface area (Å²) in [5, 5.41) is 9.39. The SMILES string of the molecule is N#C/C(=C/c1ccc(N2CCOCC2)c(F)c1)c1ccc(Br)cc1. The summed E-state index contributed by atoms with van der Waals surface area (Å²) in [6.07, 6.45) is 1.70. The first-order valence-corrected chi connectivity index (χ1v) is 8.46. The lowest BCUT2D eigenvalue weighted by Crippen LogP contribution is -2.36. The molecule has 24 heavy (non-hydrogen) atoms. The monoisotopic (exact) mass is 386 g/mol. The molecule has 0 N–H and O–H groups in total. The average Bonchev–Trinajstić information content (AvgIpc) is 2.61. The number of morpholine rings is 1. The van der Waals surface area contributed by atoms with Crippen molar-refractivity contribution in [1.82, 2.24) is 0 Å². The zero-order chi connectivity index (χ0) is 16.9. The molecule has 0 radical (unpaired) electrons. The van der Waals surface area contributed by atoms with E-state index in [1.165, 1.54) is 6.07 Å². The maximum Gasteiger partial charge on any atom is 0.147 e. The van der Waals surface area contributed by atoms with Crippen LogP contribution in [0.5, 0.6) is 0 Å². The molecule has 0 aliphatic carbocycles. The van der Waals surface area contributed by atoms with E-state index in [9.17, 15) is 9.65 Å². The number of benzene rings is 2. The van der Waals surface area contributed by atoms with Gasteiger partial charge in [0, 0.05) is 17.6 Å². The van der Waals surface area contributed by atoms with Crippen molar-refractivity contribution in [3.05, 3.63) is 63.9 Å². The van der Waals surface area contributed by atoms with E-state index in [1.54, 1.807) is 12.1 Å². The second-order valence-corrected chi connectivity index (χ2v) is 6.40. The van der Waals surface area contributed by atoms with E-state index in [-0.39, 0.29) is 5.82 Å². The average molecular weight is 387 g/mol. The Morgan fingerprint density at radius 1 is 1.17 bits per heavy atom. The van der Waals surface area contributed by atoms with Crippen LogP contribution >= 0.6 is 15.9 Å². The minimum atomic E-state index is -0.279. The fourth-order valence-corrected chi connectivity index (χ4v) is 2.91. The smallest absolute Gasteiger partial charge is 0.147 e. The van der Waals surface area contributed by atoms with Gasteiger partial charge in [0.2, 0.25) is 0 Å². The van der Waals surface area contributed by atoms with Crippen LogP contribution in [-0.4, -0.2) is 26.3 Å². The van der Waals surface area contributed by atoms with Crippen LogP contribution in [0, 0.1) is 17.1 Å². The first kappa shape index (κ1) is 16.7. The third-order valence-electron chi connectivity index (χ3n) is 3.91. The lowest BCUT2D eigenvalue weighted by Gasteiger charge is -2.29. The van der Waals surface area contributed by atoms with E-state index in [0.717, 1.165) is 10.0 Å². The molecule has 1 heterocycles. The van der Waals surface area contributed by atoms with Gasteiger partial charge in [0.25, 0.3) is 0 Å². The zero-order valence-corrected chi connectivity index (χ0v) is 14.6. The van der Waals surface area contributed by atoms with Gasteiger partial charge in [-0.15, -0.1) is 0 Å². The van der Waals surface area contributed by atoms with Crippen molar-refractivity contribution in [2.45, 2.75) is 0 Å². The Balaban J connectivity index is 1.87. The van der Waals surface area contributed by atoms with Crippen molar-refractivity contribution in [2.24, 2.45) is 0 Å². The van der Waals surface area contributed by atoms with Crippen molar-refractivity contribution in [2.75, 3.05) is 31.2 Å². The van der Waals surface area contributed by atoms with Gasteiger partial charge in [-0.1, -0.05) is 34.1 Å². The summed E-state index contributed by atoms with van der Waals surface area (Å²) < 4.78 is 20.7. The van der Waals surface area contributed by atoms with Crippen LogP contribution in [0.25, 0.3) is 11.6 Å². The van der Waals surface area contributed by atoms with E-state index < -0.39 is 0 Å². The van der Waals surface area contributed by atoms with Crippen LogP contribution in [0.4, 0.5) is 10.1 Å². The predicted molar refractivity (Wildman–Crippen MR) is 97.1 cm³/mol. The number of nitriles is 1. The normalized spacial score (nSPS) is 15.2. The molecule has 3 nitrogen and oxygen atoms in total. The summed E-state index contributed by atoms with van der Waals surface area (Å²) >= 11 is 3.37. The Kier molecular flexibility index (Phi) is 5.29. The summed E-state index contributed by atoms with van der Waals surface area (Å²) in [6, 6.07) is 14.7. The lowest BCUT2D eigenvalue weighted by atomic mass is 10.0. The zero-order valence-electron chi connectivity index (χ0n) is 13.0. The first-order valence-electron chi connectivity index (χ1n) is 7.67. The fourth-order valence-electron chi connectivity index (χ4n) is 2.65. The molecule has 122 valence electrons. The number of ether oxygens (including phenoxy) is 1. The van der Waals surface area contributed by atoms with E-state index in [1.807, 2.05) is 35.2 Å². The van der Waals surface area contributed by atoms with Crippen molar-refractivity contribution in [1.29, 1.82) is 5.26 Å². The summed E-state index contributed by atoms with van der Waals surface area (Å²) in [7, 11) is 0. The molecule has 0 spiro atoms. The quantitative estimate of drug-likeness (QED) is 0.575. The Hall–Kier alpha value is -2.16. The van der Waals surface area contributed by atoms with E-state index in [0.29, 0.717) is 43.1 Å². The highest BCUT2D eigenvalue weighted by Gasteiger charge is 2.15. The van der Waals surface area contributed by atoms with Gasteiger partial charge < -0.3 is 9.64 Å². The standard InChI is InChI=1S/C19H16BrFN2O/c20-17-4-2-15(3-5-17)16(13-22)11-14-1-6-19(18(21)12-14)23-7-9-24-10-8-23/h1-6,11-12H,7-10H2/b16-11-. The van der Waals surface area contributed by atoms with Crippen LogP contribution in [0.15, 0.2) is 46.9 Å². The molecule has 2 aromatic carbocycles. The maximum absolute atomic E-state index is 14.4. The lowest BCUT2D eigenvalue weighted by molar-refractivity contribution is 0.122. The van der Waals surface area contributed by atoms with Crippen LogP contribution in [0.3, 0.4) is 0 Å². The number of anilines is 1. The highest BCUT2D eigenvalue weighted by Crippen LogP contribution is 2.25. The van der Waals surface area contributed by atoms with Crippen molar-refractivity contribution in [3.8, 4) is 6.07 Å². The van der Waals surface area contributed by atoms with Crippen molar-refractivity contribution >= 4 is 33.3 Å². The molecule has 1 aliphatic heterocycles. The Morgan fingerprint density at radius 2 is 1.88 bits per heavy atom. The summed E-state index contributed by atoms with van der Waals surface area (Å²) in [5.74, 6) is -0.279. The van der Waals surface area contributed by atoms with Crippen LogP contribution < -0.4 is 4.90 Å². The molecule has 1 saturated heterocycles. The van der Waals surface area contributed by atoms with Gasteiger partial charge in [0.15, 0.2) is 0 Å². The van der Waals surface area contributed by atoms with Gasteiger partial charge in [-0.05, 0) is 41.5 Å². The van der Waals surface area contributed by atoms with E-state index >= 15 is 0 Å². The topological polar surface area (TPSA) is 36.3 Å². The molecule has 0 unspecified atom stereocenters.